The molecule has 0 saturated heterocycles. The molecule has 246 valence electrons. The molecule has 0 bridgehead atoms. The van der Waals surface area contributed by atoms with Crippen LogP contribution in [0.3, 0.4) is 0 Å². The minimum Gasteiger partial charge on any atom is -0.497 e. The molecule has 11 nitrogen and oxygen atoms in total. The van der Waals surface area contributed by atoms with E-state index in [1.165, 1.54) is 23.5 Å². The second-order valence-corrected chi connectivity index (χ2v) is 14.2. The summed E-state index contributed by atoms with van der Waals surface area (Å²) in [6.45, 7) is 10.1. The summed E-state index contributed by atoms with van der Waals surface area (Å²) in [7, 11) is -0.918. The van der Waals surface area contributed by atoms with Crippen LogP contribution in [-0.4, -0.2) is 94.8 Å². The Bertz CT molecular complexity index is 1270. The first kappa shape index (κ1) is 37.2. The van der Waals surface area contributed by atoms with Gasteiger partial charge in [-0.2, -0.15) is 4.31 Å². The highest BCUT2D eigenvalue weighted by Gasteiger charge is 2.36. The van der Waals surface area contributed by atoms with E-state index in [4.69, 9.17) is 9.47 Å². The largest absolute Gasteiger partial charge is 0.497 e. The normalized spacial score (nSPS) is 14.2. The summed E-state index contributed by atoms with van der Waals surface area (Å²) >= 11 is 0. The highest BCUT2D eigenvalue weighted by Crippen LogP contribution is 2.23. The zero-order chi connectivity index (χ0) is 32.9. The molecule has 2 aromatic carbocycles. The number of benzene rings is 2. The summed E-state index contributed by atoms with van der Waals surface area (Å²) in [5.41, 5.74) is 0.194. The van der Waals surface area contributed by atoms with Crippen LogP contribution in [-0.2, 0) is 30.8 Å². The van der Waals surface area contributed by atoms with Crippen molar-refractivity contribution in [3.05, 3.63) is 60.2 Å². The summed E-state index contributed by atoms with van der Waals surface area (Å²) in [5, 5.41) is 20.3. The lowest BCUT2D eigenvalue weighted by Crippen LogP contribution is -2.59. The second-order valence-electron chi connectivity index (χ2n) is 12.3. The number of aliphatic hydroxyl groups excluding tert-OH is 1. The number of hydrogen-bond donors (Lipinski definition) is 4. The van der Waals surface area contributed by atoms with Crippen LogP contribution in [0.2, 0.25) is 0 Å². The monoisotopic (exact) mass is 634 g/mol. The van der Waals surface area contributed by atoms with Gasteiger partial charge in [0.25, 0.3) is 0 Å². The molecule has 2 amide bonds. The topological polar surface area (TPSA) is 146 Å². The van der Waals surface area contributed by atoms with Crippen LogP contribution in [0.1, 0.15) is 40.2 Å². The number of hydrogen-bond acceptors (Lipinski definition) is 8. The predicted molar refractivity (Wildman–Crippen MR) is 171 cm³/mol. The van der Waals surface area contributed by atoms with Crippen molar-refractivity contribution in [2.45, 2.75) is 64.1 Å². The number of rotatable bonds is 18. The van der Waals surface area contributed by atoms with E-state index in [0.29, 0.717) is 18.9 Å². The smallest absolute Gasteiger partial charge is 0.243 e. The highest BCUT2D eigenvalue weighted by molar-refractivity contribution is 7.89. The van der Waals surface area contributed by atoms with Gasteiger partial charge in [0.2, 0.25) is 21.8 Å². The van der Waals surface area contributed by atoms with E-state index in [1.807, 2.05) is 65.0 Å². The lowest BCUT2D eigenvalue weighted by Gasteiger charge is -2.34. The molecule has 0 radical (unpaired) electrons. The van der Waals surface area contributed by atoms with Crippen molar-refractivity contribution in [3.63, 3.8) is 0 Å². The van der Waals surface area contributed by atoms with Gasteiger partial charge >= 0.3 is 0 Å². The predicted octanol–water partition coefficient (Wildman–Crippen LogP) is 2.20. The van der Waals surface area contributed by atoms with Crippen molar-refractivity contribution in [2.24, 2.45) is 11.3 Å². The van der Waals surface area contributed by atoms with Crippen LogP contribution in [0.15, 0.2) is 59.5 Å². The van der Waals surface area contributed by atoms with E-state index in [-0.39, 0.29) is 42.8 Å². The van der Waals surface area contributed by atoms with Crippen molar-refractivity contribution in [2.75, 3.05) is 47.0 Å². The van der Waals surface area contributed by atoms with Gasteiger partial charge in [0.15, 0.2) is 0 Å². The molecule has 12 heteroatoms. The van der Waals surface area contributed by atoms with E-state index in [0.717, 1.165) is 5.56 Å². The van der Waals surface area contributed by atoms with Crippen LogP contribution >= 0.6 is 0 Å². The Morgan fingerprint density at radius 3 is 2.14 bits per heavy atom. The molecule has 0 aromatic heterocycles. The van der Waals surface area contributed by atoms with Gasteiger partial charge in [-0.1, -0.05) is 65.0 Å². The lowest BCUT2D eigenvalue weighted by molar-refractivity contribution is -0.132. The number of aliphatic hydroxyl groups is 1. The Balaban J connectivity index is 2.34. The number of amides is 2. The average molecular weight is 635 g/mol. The maximum atomic E-state index is 13.7. The number of methoxy groups -OCH3 is 2. The lowest BCUT2D eigenvalue weighted by atomic mass is 9.85. The fraction of sp³-hybridized carbons (Fsp3) is 0.562. The third-order valence-electron chi connectivity index (χ3n) is 6.95. The first-order valence-corrected chi connectivity index (χ1v) is 16.3. The number of carbonyl (C=O) groups excluding carboxylic acids is 2. The summed E-state index contributed by atoms with van der Waals surface area (Å²) in [6.07, 6.45) is -1.02. The minimum atomic E-state index is -3.99. The fourth-order valence-corrected chi connectivity index (χ4v) is 6.21. The van der Waals surface area contributed by atoms with Crippen molar-refractivity contribution in [1.29, 1.82) is 0 Å². The molecule has 0 spiro atoms. The molecule has 1 unspecified atom stereocenters. The van der Waals surface area contributed by atoms with E-state index >= 15 is 0 Å². The number of ether oxygens (including phenoxy) is 2. The Morgan fingerprint density at radius 2 is 1.59 bits per heavy atom. The van der Waals surface area contributed by atoms with Gasteiger partial charge in [0.05, 0.1) is 37.3 Å². The summed E-state index contributed by atoms with van der Waals surface area (Å²) < 4.78 is 38.8. The van der Waals surface area contributed by atoms with Crippen LogP contribution < -0.4 is 20.7 Å². The number of carbonyl (C=O) groups is 2. The molecule has 3 atom stereocenters. The summed E-state index contributed by atoms with van der Waals surface area (Å²) in [4.78, 5) is 26.5. The fourth-order valence-electron chi connectivity index (χ4n) is 4.59. The Kier molecular flexibility index (Phi) is 14.7. The zero-order valence-corrected chi connectivity index (χ0v) is 27.8. The van der Waals surface area contributed by atoms with Gasteiger partial charge in [-0.05, 0) is 47.6 Å². The van der Waals surface area contributed by atoms with Crippen molar-refractivity contribution < 1.29 is 32.6 Å². The number of sulfonamides is 1. The van der Waals surface area contributed by atoms with Gasteiger partial charge in [0, 0.05) is 26.7 Å². The van der Waals surface area contributed by atoms with Gasteiger partial charge < -0.3 is 30.5 Å². The number of nitrogens with one attached hydrogen (secondary N) is 3. The first-order valence-electron chi connectivity index (χ1n) is 14.8. The molecule has 0 aliphatic rings. The minimum absolute atomic E-state index is 0.00662. The van der Waals surface area contributed by atoms with Gasteiger partial charge in [-0.25, -0.2) is 8.42 Å². The van der Waals surface area contributed by atoms with E-state index in [1.54, 1.807) is 19.2 Å². The van der Waals surface area contributed by atoms with E-state index in [2.05, 4.69) is 16.0 Å². The Hall–Kier alpha value is -3.03. The molecule has 0 heterocycles. The Morgan fingerprint density at radius 1 is 0.955 bits per heavy atom. The molecule has 4 N–H and O–H groups in total. The van der Waals surface area contributed by atoms with Crippen LogP contribution in [0.25, 0.3) is 0 Å². The van der Waals surface area contributed by atoms with Gasteiger partial charge in [-0.3, -0.25) is 9.59 Å². The maximum absolute atomic E-state index is 13.7. The highest BCUT2D eigenvalue weighted by atomic mass is 32.2. The molecule has 2 aromatic rings. The van der Waals surface area contributed by atoms with Crippen molar-refractivity contribution in [1.82, 2.24) is 20.3 Å². The summed E-state index contributed by atoms with van der Waals surface area (Å²) in [6, 6.07) is 13.6. The molecule has 2 rings (SSSR count). The first-order chi connectivity index (χ1) is 20.7. The average Bonchev–Trinajstić information content (AvgIpc) is 2.97. The Labute approximate surface area is 262 Å². The SMILES string of the molecule is COCCNCC(=O)N[C@H](C(=O)N[C@@H](Cc1ccccc1)C(O)CN(CC(C)C)S(=O)(=O)c1ccc(OC)cc1)C(C)(C)C. The molecular weight excluding hydrogens is 584 g/mol. The summed E-state index contributed by atoms with van der Waals surface area (Å²) in [5.74, 6) is -0.340. The van der Waals surface area contributed by atoms with Crippen molar-refractivity contribution >= 4 is 21.8 Å². The van der Waals surface area contributed by atoms with Gasteiger partial charge in [0.1, 0.15) is 11.8 Å². The molecule has 0 aliphatic heterocycles. The standard InChI is InChI=1S/C32H50N4O7S/c1-23(2)21-36(44(40,41)26-15-13-25(43-7)14-16-26)22-28(37)27(19-24-11-9-8-10-12-24)34-31(39)30(32(3,4)5)35-29(38)20-33-17-18-42-6/h8-16,23,27-28,30,33,37H,17-22H2,1-7H3,(H,34,39)(H,35,38)/t27-,28?,30+/m0/s1. The quantitative estimate of drug-likeness (QED) is 0.183. The molecule has 44 heavy (non-hydrogen) atoms. The molecule has 0 aliphatic carbocycles. The maximum Gasteiger partial charge on any atom is 0.243 e. The molecule has 0 fully saturated rings. The molecule has 0 saturated carbocycles. The molecular formula is C32H50N4O7S. The number of nitrogens with zero attached hydrogens (tertiary/aromatic N) is 1. The van der Waals surface area contributed by atoms with Crippen LogP contribution in [0.4, 0.5) is 0 Å². The van der Waals surface area contributed by atoms with E-state index in [9.17, 15) is 23.1 Å². The zero-order valence-electron chi connectivity index (χ0n) is 27.0. The van der Waals surface area contributed by atoms with Crippen LogP contribution in [0.5, 0.6) is 5.75 Å². The van der Waals surface area contributed by atoms with Crippen LogP contribution in [0, 0.1) is 11.3 Å². The van der Waals surface area contributed by atoms with E-state index < -0.39 is 39.5 Å². The second kappa shape index (κ2) is 17.5. The third-order valence-corrected chi connectivity index (χ3v) is 8.80. The van der Waals surface area contributed by atoms with Gasteiger partial charge in [-0.15, -0.1) is 0 Å². The third kappa shape index (κ3) is 11.8. The van der Waals surface area contributed by atoms with Crippen molar-refractivity contribution in [3.8, 4) is 5.75 Å².